The van der Waals surface area contributed by atoms with Crippen LogP contribution in [-0.4, -0.2) is 11.6 Å². The zero-order chi connectivity index (χ0) is 11.8. The largest absolute Gasteiger partial charge is 0.433 e. The fraction of sp³-hybridized carbons (Fsp3) is 0.500. The van der Waals surface area contributed by atoms with Crippen molar-refractivity contribution >= 4 is 0 Å². The number of hydrogen-bond donors (Lipinski definition) is 1. The highest BCUT2D eigenvalue weighted by Gasteiger charge is 2.45. The third-order valence-corrected chi connectivity index (χ3v) is 2.88. The van der Waals surface area contributed by atoms with E-state index in [9.17, 15) is 13.2 Å². The van der Waals surface area contributed by atoms with Crippen molar-refractivity contribution in [3.8, 4) is 0 Å². The minimum Gasteiger partial charge on any atom is -0.304 e. The Morgan fingerprint density at radius 3 is 2.44 bits per heavy atom. The van der Waals surface area contributed by atoms with Crippen LogP contribution in [-0.2, 0) is 16.4 Å². The Bertz CT molecular complexity index is 371. The normalized spacial score (nSPS) is 18.5. The summed E-state index contributed by atoms with van der Waals surface area (Å²) in [6.45, 7) is 0.319. The van der Waals surface area contributed by atoms with Gasteiger partial charge in [0.1, 0.15) is 5.69 Å². The van der Waals surface area contributed by atoms with Crippen LogP contribution in [0.15, 0.2) is 18.3 Å². The van der Waals surface area contributed by atoms with E-state index in [1.54, 1.807) is 0 Å². The van der Waals surface area contributed by atoms with Gasteiger partial charge in [-0.1, -0.05) is 6.07 Å². The molecule has 1 aliphatic carbocycles. The lowest BCUT2D eigenvalue weighted by Gasteiger charge is -2.14. The van der Waals surface area contributed by atoms with Crippen molar-refractivity contribution in [1.82, 2.24) is 4.98 Å². The fourth-order valence-electron chi connectivity index (χ4n) is 1.70. The van der Waals surface area contributed by atoms with Crippen LogP contribution < -0.4 is 5.90 Å². The predicted molar refractivity (Wildman–Crippen MR) is 50.3 cm³/mol. The van der Waals surface area contributed by atoms with E-state index in [2.05, 4.69) is 9.82 Å². The van der Waals surface area contributed by atoms with Crippen molar-refractivity contribution in [2.75, 3.05) is 6.61 Å². The van der Waals surface area contributed by atoms with Gasteiger partial charge in [0.15, 0.2) is 0 Å². The van der Waals surface area contributed by atoms with Crippen LogP contribution >= 0.6 is 0 Å². The Kier molecular flexibility index (Phi) is 2.63. The SMILES string of the molecule is NOCC1(c2ccc(C(F)(F)F)nc2)CC1. The van der Waals surface area contributed by atoms with E-state index in [0.717, 1.165) is 24.5 Å². The molecule has 0 atom stereocenters. The molecule has 0 saturated heterocycles. The van der Waals surface area contributed by atoms with Gasteiger partial charge in [0.2, 0.25) is 0 Å². The number of pyridine rings is 1. The van der Waals surface area contributed by atoms with E-state index in [4.69, 9.17) is 5.90 Å². The fourth-order valence-corrected chi connectivity index (χ4v) is 1.70. The third kappa shape index (κ3) is 2.03. The zero-order valence-corrected chi connectivity index (χ0v) is 8.42. The summed E-state index contributed by atoms with van der Waals surface area (Å²) in [7, 11) is 0. The Morgan fingerprint density at radius 2 is 2.06 bits per heavy atom. The van der Waals surface area contributed by atoms with Gasteiger partial charge in [0.25, 0.3) is 0 Å². The highest BCUT2D eigenvalue weighted by molar-refractivity contribution is 5.30. The standard InChI is InChI=1S/C10H11F3N2O/c11-10(12,13)8-2-1-7(5-15-8)9(3-4-9)6-16-14/h1-2,5H,3-4,6,14H2. The van der Waals surface area contributed by atoms with E-state index in [1.807, 2.05) is 0 Å². The Hall–Kier alpha value is -1.14. The second-order valence-corrected chi connectivity index (χ2v) is 4.02. The van der Waals surface area contributed by atoms with E-state index in [-0.39, 0.29) is 5.41 Å². The summed E-state index contributed by atoms with van der Waals surface area (Å²) in [5.41, 5.74) is -0.335. The number of aromatic nitrogens is 1. The van der Waals surface area contributed by atoms with E-state index in [0.29, 0.717) is 6.61 Å². The predicted octanol–water partition coefficient (Wildman–Crippen LogP) is 2.02. The molecule has 0 aromatic carbocycles. The summed E-state index contributed by atoms with van der Waals surface area (Å²) in [5, 5.41) is 0. The number of hydrogen-bond acceptors (Lipinski definition) is 3. The first-order valence-corrected chi connectivity index (χ1v) is 4.83. The van der Waals surface area contributed by atoms with E-state index < -0.39 is 11.9 Å². The van der Waals surface area contributed by atoms with Crippen molar-refractivity contribution < 1.29 is 18.0 Å². The molecule has 1 saturated carbocycles. The average molecular weight is 232 g/mol. The van der Waals surface area contributed by atoms with Gasteiger partial charge in [-0.05, 0) is 24.5 Å². The zero-order valence-electron chi connectivity index (χ0n) is 8.42. The Labute approximate surface area is 90.4 Å². The molecule has 2 N–H and O–H groups in total. The van der Waals surface area contributed by atoms with Crippen molar-refractivity contribution in [3.05, 3.63) is 29.6 Å². The smallest absolute Gasteiger partial charge is 0.304 e. The lowest BCUT2D eigenvalue weighted by molar-refractivity contribution is -0.141. The van der Waals surface area contributed by atoms with Gasteiger partial charge in [0.05, 0.1) is 6.61 Å². The van der Waals surface area contributed by atoms with Crippen LogP contribution in [0.2, 0.25) is 0 Å². The Balaban J connectivity index is 2.20. The van der Waals surface area contributed by atoms with Gasteiger partial charge < -0.3 is 4.84 Å². The highest BCUT2D eigenvalue weighted by Crippen LogP contribution is 2.48. The van der Waals surface area contributed by atoms with Crippen molar-refractivity contribution in [3.63, 3.8) is 0 Å². The molecule has 1 aliphatic rings. The molecule has 16 heavy (non-hydrogen) atoms. The maximum absolute atomic E-state index is 12.3. The number of nitrogens with zero attached hydrogens (tertiary/aromatic N) is 1. The molecule has 0 bridgehead atoms. The Morgan fingerprint density at radius 1 is 1.38 bits per heavy atom. The first-order valence-electron chi connectivity index (χ1n) is 4.83. The van der Waals surface area contributed by atoms with Crippen LogP contribution in [0.3, 0.4) is 0 Å². The summed E-state index contributed by atoms with van der Waals surface area (Å²) in [6.07, 6.45) is -1.39. The van der Waals surface area contributed by atoms with Crippen LogP contribution in [0.4, 0.5) is 13.2 Å². The number of rotatable bonds is 3. The monoisotopic (exact) mass is 232 g/mol. The molecule has 1 fully saturated rings. The molecule has 0 spiro atoms. The molecule has 0 amide bonds. The lowest BCUT2D eigenvalue weighted by atomic mass is 9.99. The minimum atomic E-state index is -4.39. The number of alkyl halides is 3. The second kappa shape index (κ2) is 3.71. The summed E-state index contributed by atoms with van der Waals surface area (Å²) in [4.78, 5) is 7.99. The number of nitrogens with two attached hydrogens (primary N) is 1. The second-order valence-electron chi connectivity index (χ2n) is 4.02. The molecule has 1 aromatic rings. The summed E-state index contributed by atoms with van der Waals surface area (Å²) >= 11 is 0. The van der Waals surface area contributed by atoms with Crippen LogP contribution in [0, 0.1) is 0 Å². The van der Waals surface area contributed by atoms with Gasteiger partial charge in [-0.3, -0.25) is 4.98 Å². The van der Waals surface area contributed by atoms with Crippen LogP contribution in [0.25, 0.3) is 0 Å². The molecule has 0 unspecified atom stereocenters. The topological polar surface area (TPSA) is 48.1 Å². The molecule has 6 heteroatoms. The first-order chi connectivity index (χ1) is 7.48. The van der Waals surface area contributed by atoms with E-state index in [1.165, 1.54) is 12.3 Å². The van der Waals surface area contributed by atoms with Crippen molar-refractivity contribution in [1.29, 1.82) is 0 Å². The van der Waals surface area contributed by atoms with Gasteiger partial charge >= 0.3 is 6.18 Å². The quantitative estimate of drug-likeness (QED) is 0.811. The summed E-state index contributed by atoms with van der Waals surface area (Å²) in [6, 6.07) is 2.44. The van der Waals surface area contributed by atoms with Crippen LogP contribution in [0.1, 0.15) is 24.1 Å². The molecule has 0 aliphatic heterocycles. The summed E-state index contributed by atoms with van der Waals surface area (Å²) < 4.78 is 36.8. The molecule has 3 nitrogen and oxygen atoms in total. The van der Waals surface area contributed by atoms with Crippen molar-refractivity contribution in [2.24, 2.45) is 5.90 Å². The van der Waals surface area contributed by atoms with E-state index >= 15 is 0 Å². The maximum Gasteiger partial charge on any atom is 0.433 e. The molecule has 2 rings (SSSR count). The van der Waals surface area contributed by atoms with Crippen molar-refractivity contribution in [2.45, 2.75) is 24.4 Å². The van der Waals surface area contributed by atoms with Gasteiger partial charge in [0, 0.05) is 11.6 Å². The summed E-state index contributed by atoms with van der Waals surface area (Å²) in [5.74, 6) is 4.99. The average Bonchev–Trinajstić information content (AvgIpc) is 2.99. The molecular formula is C10H11F3N2O. The molecule has 0 radical (unpaired) electrons. The minimum absolute atomic E-state index is 0.216. The molecule has 88 valence electrons. The highest BCUT2D eigenvalue weighted by atomic mass is 19.4. The molecular weight excluding hydrogens is 221 g/mol. The third-order valence-electron chi connectivity index (χ3n) is 2.88. The lowest BCUT2D eigenvalue weighted by Crippen LogP contribution is -2.19. The van der Waals surface area contributed by atoms with Gasteiger partial charge in [-0.25, -0.2) is 5.90 Å². The van der Waals surface area contributed by atoms with Crippen LogP contribution in [0.5, 0.6) is 0 Å². The number of halogens is 3. The van der Waals surface area contributed by atoms with Gasteiger partial charge in [-0.15, -0.1) is 0 Å². The maximum atomic E-state index is 12.3. The van der Waals surface area contributed by atoms with Gasteiger partial charge in [-0.2, -0.15) is 13.2 Å². The molecule has 1 aromatic heterocycles. The molecule has 1 heterocycles. The first kappa shape index (κ1) is 11.3.